The summed E-state index contributed by atoms with van der Waals surface area (Å²) in [4.78, 5) is 7.90. The Kier molecular flexibility index (Phi) is 8.03. The summed E-state index contributed by atoms with van der Waals surface area (Å²) in [6.45, 7) is 16.3. The molecule has 0 aromatic heterocycles. The molecule has 2 rings (SSSR count). The van der Waals surface area contributed by atoms with Crippen molar-refractivity contribution in [3.8, 4) is 0 Å². The molecule has 0 bridgehead atoms. The van der Waals surface area contributed by atoms with Crippen LogP contribution in [0.5, 0.6) is 0 Å². The molecule has 0 radical (unpaired) electrons. The zero-order chi connectivity index (χ0) is 17.4. The molecule has 1 heterocycles. The average molecular weight is 333 g/mol. The first kappa shape index (κ1) is 19.2. The second-order valence-electron chi connectivity index (χ2n) is 6.76. The first-order chi connectivity index (χ1) is 11.7. The third-order valence-electron chi connectivity index (χ3n) is 5.44. The lowest BCUT2D eigenvalue weighted by atomic mass is 10.0. The quantitative estimate of drug-likeness (QED) is 0.864. The summed E-state index contributed by atoms with van der Waals surface area (Å²) in [5.74, 6) is 0. The largest absolute Gasteiger partial charge is 0.388 e. The zero-order valence-electron chi connectivity index (χ0n) is 16.1. The lowest BCUT2D eigenvalue weighted by Gasteiger charge is -2.33. The molecule has 1 unspecified atom stereocenters. The zero-order valence-corrected chi connectivity index (χ0v) is 16.1. The van der Waals surface area contributed by atoms with E-state index in [4.69, 9.17) is 0 Å². The van der Waals surface area contributed by atoms with E-state index >= 15 is 0 Å². The van der Waals surface area contributed by atoms with Gasteiger partial charge in [-0.3, -0.25) is 4.90 Å². The van der Waals surface area contributed by atoms with Gasteiger partial charge in [-0.1, -0.05) is 32.9 Å². The van der Waals surface area contributed by atoms with Crippen molar-refractivity contribution < 1.29 is 0 Å². The minimum Gasteiger partial charge on any atom is -0.388 e. The maximum atomic E-state index is 3.21. The maximum Gasteiger partial charge on any atom is 0.0337 e. The van der Waals surface area contributed by atoms with Crippen molar-refractivity contribution in [1.29, 1.82) is 0 Å². The minimum absolute atomic E-state index is 0.604. The molecule has 1 fully saturated rings. The topological polar surface area (TPSA) is 21.8 Å². The summed E-state index contributed by atoms with van der Waals surface area (Å²) in [5.41, 5.74) is 2.63. The summed E-state index contributed by atoms with van der Waals surface area (Å²) in [7, 11) is 1.98. The average Bonchev–Trinajstić information content (AvgIpc) is 2.71. The first-order valence-corrected chi connectivity index (χ1v) is 9.65. The number of likely N-dealkylation sites (N-methyl/N-ethyl adjacent to an activating group) is 3. The molecule has 1 atom stereocenters. The predicted molar refractivity (Wildman–Crippen MR) is 105 cm³/mol. The van der Waals surface area contributed by atoms with Crippen LogP contribution in [0.3, 0.4) is 0 Å². The number of nitrogens with one attached hydrogen (secondary N) is 1. The monoisotopic (exact) mass is 332 g/mol. The molecule has 1 saturated heterocycles. The molecule has 136 valence electrons. The highest BCUT2D eigenvalue weighted by Crippen LogP contribution is 2.15. The Morgan fingerprint density at radius 1 is 0.875 bits per heavy atom. The summed E-state index contributed by atoms with van der Waals surface area (Å²) < 4.78 is 0. The van der Waals surface area contributed by atoms with Gasteiger partial charge in [0.05, 0.1) is 0 Å². The van der Waals surface area contributed by atoms with Crippen LogP contribution in [0.25, 0.3) is 0 Å². The van der Waals surface area contributed by atoms with Gasteiger partial charge >= 0.3 is 0 Å². The molecular formula is C20H36N4. The van der Waals surface area contributed by atoms with Gasteiger partial charge in [-0.05, 0) is 43.8 Å². The summed E-state index contributed by atoms with van der Waals surface area (Å²) in [6.07, 6.45) is 1.14. The first-order valence-electron chi connectivity index (χ1n) is 9.65. The molecule has 1 aromatic rings. The Hall–Kier alpha value is -1.10. The molecule has 4 heteroatoms. The fraction of sp³-hybridized carbons (Fsp3) is 0.700. The third kappa shape index (κ3) is 5.47. The van der Waals surface area contributed by atoms with Crippen LogP contribution in [-0.2, 0) is 6.42 Å². The minimum atomic E-state index is 0.604. The van der Waals surface area contributed by atoms with Crippen LogP contribution in [0.4, 0.5) is 5.69 Å². The Balaban J connectivity index is 2.11. The smallest absolute Gasteiger partial charge is 0.0337 e. The standard InChI is InChI=1S/C20H36N4/c1-5-22-12-13-23(6-2)17-20(24(7-3)15-14-22)16-18-8-10-19(21-4)11-9-18/h8-11,20-21H,5-7,12-17H2,1-4H3. The summed E-state index contributed by atoms with van der Waals surface area (Å²) in [6, 6.07) is 9.54. The van der Waals surface area contributed by atoms with E-state index in [0.717, 1.165) is 26.1 Å². The fourth-order valence-corrected chi connectivity index (χ4v) is 3.64. The highest BCUT2D eigenvalue weighted by molar-refractivity contribution is 5.43. The van der Waals surface area contributed by atoms with Crippen LogP contribution in [0.1, 0.15) is 26.3 Å². The summed E-state index contributed by atoms with van der Waals surface area (Å²) in [5, 5.41) is 3.21. The Bertz CT molecular complexity index is 459. The van der Waals surface area contributed by atoms with Crippen LogP contribution in [-0.4, -0.2) is 80.1 Å². The molecule has 1 N–H and O–H groups in total. The number of anilines is 1. The maximum absolute atomic E-state index is 3.21. The molecule has 0 saturated carbocycles. The van der Waals surface area contributed by atoms with Gasteiger partial charge in [0.1, 0.15) is 0 Å². The Labute approximate surface area is 148 Å². The van der Waals surface area contributed by atoms with Crippen LogP contribution in [0.2, 0.25) is 0 Å². The molecule has 4 nitrogen and oxygen atoms in total. The predicted octanol–water partition coefficient (Wildman–Crippen LogP) is 2.62. The van der Waals surface area contributed by atoms with E-state index in [9.17, 15) is 0 Å². The lowest BCUT2D eigenvalue weighted by molar-refractivity contribution is 0.155. The fourth-order valence-electron chi connectivity index (χ4n) is 3.64. The summed E-state index contributed by atoms with van der Waals surface area (Å²) >= 11 is 0. The highest BCUT2D eigenvalue weighted by Gasteiger charge is 2.23. The van der Waals surface area contributed by atoms with Gasteiger partial charge in [0, 0.05) is 51.5 Å². The van der Waals surface area contributed by atoms with E-state index in [1.54, 1.807) is 0 Å². The van der Waals surface area contributed by atoms with Crippen molar-refractivity contribution in [3.05, 3.63) is 29.8 Å². The van der Waals surface area contributed by atoms with Crippen molar-refractivity contribution >= 4 is 5.69 Å². The third-order valence-corrected chi connectivity index (χ3v) is 5.44. The van der Waals surface area contributed by atoms with Crippen molar-refractivity contribution in [3.63, 3.8) is 0 Å². The van der Waals surface area contributed by atoms with Crippen LogP contribution in [0, 0.1) is 0 Å². The Morgan fingerprint density at radius 3 is 2.08 bits per heavy atom. The molecule has 0 aliphatic carbocycles. The molecule has 0 spiro atoms. The molecule has 1 aliphatic heterocycles. The van der Waals surface area contributed by atoms with Gasteiger partial charge in [-0.2, -0.15) is 0 Å². The van der Waals surface area contributed by atoms with Crippen LogP contribution >= 0.6 is 0 Å². The number of nitrogens with zero attached hydrogens (tertiary/aromatic N) is 3. The molecule has 24 heavy (non-hydrogen) atoms. The number of rotatable bonds is 6. The number of hydrogen-bond donors (Lipinski definition) is 1. The normalized spacial score (nSPS) is 21.9. The van der Waals surface area contributed by atoms with Gasteiger partial charge in [-0.25, -0.2) is 0 Å². The molecule has 0 amide bonds. The van der Waals surface area contributed by atoms with E-state index in [0.29, 0.717) is 6.04 Å². The molecular weight excluding hydrogens is 296 g/mol. The van der Waals surface area contributed by atoms with Crippen LogP contribution < -0.4 is 5.32 Å². The number of benzene rings is 1. The van der Waals surface area contributed by atoms with E-state index < -0.39 is 0 Å². The van der Waals surface area contributed by atoms with E-state index in [-0.39, 0.29) is 0 Å². The van der Waals surface area contributed by atoms with E-state index in [1.165, 1.54) is 44.0 Å². The lowest BCUT2D eigenvalue weighted by Crippen LogP contribution is -2.46. The van der Waals surface area contributed by atoms with Gasteiger partial charge < -0.3 is 15.1 Å². The van der Waals surface area contributed by atoms with Crippen LogP contribution in [0.15, 0.2) is 24.3 Å². The van der Waals surface area contributed by atoms with Crippen molar-refractivity contribution in [2.45, 2.75) is 33.2 Å². The van der Waals surface area contributed by atoms with Crippen molar-refractivity contribution in [2.24, 2.45) is 0 Å². The molecule has 1 aliphatic rings. The SMILES string of the molecule is CCN1CCN(CC)CC(Cc2ccc(NC)cc2)N(CC)CC1. The van der Waals surface area contributed by atoms with Gasteiger partial charge in [-0.15, -0.1) is 0 Å². The number of hydrogen-bond acceptors (Lipinski definition) is 4. The van der Waals surface area contributed by atoms with Gasteiger partial charge in [0.2, 0.25) is 0 Å². The second kappa shape index (κ2) is 10.0. The van der Waals surface area contributed by atoms with E-state index in [1.807, 2.05) is 7.05 Å². The van der Waals surface area contributed by atoms with Gasteiger partial charge in [0.15, 0.2) is 0 Å². The van der Waals surface area contributed by atoms with Crippen molar-refractivity contribution in [1.82, 2.24) is 14.7 Å². The molecule has 1 aromatic carbocycles. The van der Waals surface area contributed by atoms with Gasteiger partial charge in [0.25, 0.3) is 0 Å². The highest BCUT2D eigenvalue weighted by atomic mass is 15.3. The van der Waals surface area contributed by atoms with E-state index in [2.05, 4.69) is 65.1 Å². The second-order valence-corrected chi connectivity index (χ2v) is 6.76. The van der Waals surface area contributed by atoms with Crippen molar-refractivity contribution in [2.75, 3.05) is 64.7 Å². The Morgan fingerprint density at radius 2 is 1.50 bits per heavy atom.